The molecule has 0 aromatic carbocycles. The summed E-state index contributed by atoms with van der Waals surface area (Å²) in [6.07, 6.45) is 6.77. The van der Waals surface area contributed by atoms with Gasteiger partial charge in [-0.1, -0.05) is 38.1 Å². The van der Waals surface area contributed by atoms with Gasteiger partial charge in [-0.15, -0.1) is 0 Å². The fraction of sp³-hybridized carbons (Fsp3) is 0.846. The smallest absolute Gasteiger partial charge is 0.109 e. The predicted octanol–water partition coefficient (Wildman–Crippen LogP) is 1.85. The van der Waals surface area contributed by atoms with Gasteiger partial charge >= 0.3 is 0 Å². The van der Waals surface area contributed by atoms with Crippen molar-refractivity contribution in [1.29, 1.82) is 0 Å². The van der Waals surface area contributed by atoms with E-state index in [1.54, 1.807) is 0 Å². The van der Waals surface area contributed by atoms with E-state index in [4.69, 9.17) is 0 Å². The molecule has 2 rings (SSSR count). The van der Waals surface area contributed by atoms with E-state index in [0.29, 0.717) is 17.4 Å². The predicted molar refractivity (Wildman–Crippen MR) is 72.2 cm³/mol. The molecule has 0 bridgehead atoms. The molecule has 1 heterocycles. The average Bonchev–Trinajstić information content (AvgIpc) is 2.37. The topological polar surface area (TPSA) is 6.48 Å². The summed E-state index contributed by atoms with van der Waals surface area (Å²) in [5.74, 6) is 1.20. The van der Waals surface area contributed by atoms with Gasteiger partial charge in [-0.05, 0) is 12.8 Å². The van der Waals surface area contributed by atoms with Crippen LogP contribution in [0.4, 0.5) is 0 Å². The van der Waals surface area contributed by atoms with E-state index in [2.05, 4.69) is 45.2 Å². The molecular formula is C13H25BN2. The molecule has 3 heteroatoms. The van der Waals surface area contributed by atoms with Gasteiger partial charge in [0.05, 0.1) is 17.9 Å². The maximum Gasteiger partial charge on any atom is 0.109 e. The molecule has 2 fully saturated rings. The molecule has 0 aromatic heterocycles. The van der Waals surface area contributed by atoms with Crippen molar-refractivity contribution in [3.8, 4) is 0 Å². The van der Waals surface area contributed by atoms with Gasteiger partial charge in [-0.3, -0.25) is 0 Å². The Kier molecular flexibility index (Phi) is 2.98. The summed E-state index contributed by atoms with van der Waals surface area (Å²) in [5, 5.41) is 0.489. The molecule has 0 radical (unpaired) electrons. The molecule has 3 atom stereocenters. The third-order valence-electron chi connectivity index (χ3n) is 4.62. The highest BCUT2D eigenvalue weighted by molar-refractivity contribution is 6.14. The van der Waals surface area contributed by atoms with Gasteiger partial charge < -0.3 is 9.80 Å². The van der Waals surface area contributed by atoms with Crippen LogP contribution in [0.5, 0.6) is 0 Å². The summed E-state index contributed by atoms with van der Waals surface area (Å²) in [7, 11) is 6.84. The maximum absolute atomic E-state index is 4.20. The van der Waals surface area contributed by atoms with Crippen LogP contribution < -0.4 is 0 Å². The van der Waals surface area contributed by atoms with Gasteiger partial charge in [0.2, 0.25) is 0 Å². The van der Waals surface area contributed by atoms with E-state index in [1.165, 1.54) is 37.9 Å². The van der Waals surface area contributed by atoms with Crippen molar-refractivity contribution in [1.82, 2.24) is 9.80 Å². The van der Waals surface area contributed by atoms with Crippen molar-refractivity contribution in [3.63, 3.8) is 0 Å². The van der Waals surface area contributed by atoms with Crippen LogP contribution in [0.1, 0.15) is 39.0 Å². The molecule has 90 valence electrons. The van der Waals surface area contributed by atoms with Crippen LogP contribution >= 0.6 is 0 Å². The lowest BCUT2D eigenvalue weighted by molar-refractivity contribution is 0.228. The quantitative estimate of drug-likeness (QED) is 0.575. The molecule has 3 unspecified atom stereocenters. The van der Waals surface area contributed by atoms with Crippen molar-refractivity contribution >= 4 is 7.85 Å². The van der Waals surface area contributed by atoms with Crippen LogP contribution in [0.15, 0.2) is 12.4 Å². The number of fused-ring (bicyclic) bond motifs is 1. The summed E-state index contributed by atoms with van der Waals surface area (Å²) in [6, 6.07) is 1.37. The Morgan fingerprint density at radius 2 is 1.88 bits per heavy atom. The molecule has 0 amide bonds. The van der Waals surface area contributed by atoms with E-state index < -0.39 is 0 Å². The van der Waals surface area contributed by atoms with Crippen LogP contribution in [-0.2, 0) is 0 Å². The molecular weight excluding hydrogens is 195 g/mol. The van der Waals surface area contributed by atoms with E-state index in [-0.39, 0.29) is 0 Å². The lowest BCUT2D eigenvalue weighted by Crippen LogP contribution is -2.39. The molecule has 16 heavy (non-hydrogen) atoms. The van der Waals surface area contributed by atoms with Crippen LogP contribution in [-0.4, -0.2) is 43.8 Å². The first-order valence-corrected chi connectivity index (χ1v) is 6.57. The molecule has 1 saturated heterocycles. The van der Waals surface area contributed by atoms with Crippen LogP contribution in [0.3, 0.4) is 0 Å². The van der Waals surface area contributed by atoms with E-state index in [1.807, 2.05) is 0 Å². The van der Waals surface area contributed by atoms with Gasteiger partial charge in [0.1, 0.15) is 7.85 Å². The SMILES string of the molecule is BC1(C)CCCCC2C(C1)N(C)C(=C)N2C. The second-order valence-corrected chi connectivity index (χ2v) is 6.39. The largest absolute Gasteiger partial charge is 0.357 e. The minimum absolute atomic E-state index is 0.489. The third-order valence-corrected chi connectivity index (χ3v) is 4.62. The Labute approximate surface area is 101 Å². The Bertz CT molecular complexity index is 288. The minimum atomic E-state index is 0.489. The fourth-order valence-corrected chi connectivity index (χ4v) is 3.43. The van der Waals surface area contributed by atoms with E-state index in [9.17, 15) is 0 Å². The molecule has 1 aliphatic heterocycles. The van der Waals surface area contributed by atoms with Gasteiger partial charge in [0.25, 0.3) is 0 Å². The lowest BCUT2D eigenvalue weighted by atomic mass is 9.62. The van der Waals surface area contributed by atoms with Gasteiger partial charge in [0.15, 0.2) is 0 Å². The first kappa shape index (κ1) is 11.9. The third kappa shape index (κ3) is 1.96. The Hall–Kier alpha value is -0.595. The lowest BCUT2D eigenvalue weighted by Gasteiger charge is -2.36. The van der Waals surface area contributed by atoms with Crippen molar-refractivity contribution in [2.45, 2.75) is 56.4 Å². The average molecular weight is 220 g/mol. The highest BCUT2D eigenvalue weighted by atomic mass is 15.4. The Morgan fingerprint density at radius 1 is 1.25 bits per heavy atom. The second kappa shape index (κ2) is 4.01. The molecule has 1 saturated carbocycles. The molecule has 1 aliphatic carbocycles. The zero-order valence-electron chi connectivity index (χ0n) is 11.3. The molecule has 2 aliphatic rings. The number of rotatable bonds is 0. The zero-order valence-corrected chi connectivity index (χ0v) is 11.3. The summed E-state index contributed by atoms with van der Waals surface area (Å²) < 4.78 is 0. The molecule has 0 spiro atoms. The summed E-state index contributed by atoms with van der Waals surface area (Å²) in [6.45, 7) is 6.62. The monoisotopic (exact) mass is 220 g/mol. The number of likely N-dealkylation sites (N-methyl/N-ethyl adjacent to an activating group) is 2. The molecule has 0 aromatic rings. The number of hydrogen-bond acceptors (Lipinski definition) is 2. The Morgan fingerprint density at radius 3 is 2.56 bits per heavy atom. The van der Waals surface area contributed by atoms with Crippen LogP contribution in [0.25, 0.3) is 0 Å². The highest BCUT2D eigenvalue weighted by Gasteiger charge is 2.41. The minimum Gasteiger partial charge on any atom is -0.357 e. The van der Waals surface area contributed by atoms with Crippen molar-refractivity contribution in [3.05, 3.63) is 12.4 Å². The molecule has 2 nitrogen and oxygen atoms in total. The van der Waals surface area contributed by atoms with E-state index >= 15 is 0 Å². The van der Waals surface area contributed by atoms with Crippen molar-refractivity contribution in [2.24, 2.45) is 0 Å². The van der Waals surface area contributed by atoms with Gasteiger partial charge in [-0.25, -0.2) is 0 Å². The first-order valence-electron chi connectivity index (χ1n) is 6.57. The normalized spacial score (nSPS) is 40.6. The standard InChI is InChI=1S/C13H25BN2/c1-10-15(3)11-7-5-6-8-13(2,14)9-12(11)16(10)4/h11-12H,1,5-9,14H2,2-4H3. The second-order valence-electron chi connectivity index (χ2n) is 6.39. The fourth-order valence-electron chi connectivity index (χ4n) is 3.43. The first-order chi connectivity index (χ1) is 7.42. The van der Waals surface area contributed by atoms with Gasteiger partial charge in [0, 0.05) is 14.1 Å². The van der Waals surface area contributed by atoms with Crippen molar-refractivity contribution < 1.29 is 0 Å². The summed E-state index contributed by atoms with van der Waals surface area (Å²) in [4.78, 5) is 4.80. The zero-order chi connectivity index (χ0) is 11.9. The van der Waals surface area contributed by atoms with E-state index in [0.717, 1.165) is 0 Å². The van der Waals surface area contributed by atoms with Crippen molar-refractivity contribution in [2.75, 3.05) is 14.1 Å². The van der Waals surface area contributed by atoms with Crippen LogP contribution in [0.2, 0.25) is 5.31 Å². The number of nitrogens with zero attached hydrogens (tertiary/aromatic N) is 2. The summed E-state index contributed by atoms with van der Waals surface area (Å²) >= 11 is 0. The molecule has 0 N–H and O–H groups in total. The van der Waals surface area contributed by atoms with Crippen LogP contribution in [0, 0.1) is 0 Å². The summed E-state index contributed by atoms with van der Waals surface area (Å²) in [5.41, 5.74) is 0. The Balaban J connectivity index is 2.21. The highest BCUT2D eigenvalue weighted by Crippen LogP contribution is 2.43. The maximum atomic E-state index is 4.20. The van der Waals surface area contributed by atoms with Gasteiger partial charge in [-0.2, -0.15) is 0 Å². The number of hydrogen-bond donors (Lipinski definition) is 0.